The molecule has 0 aliphatic carbocycles. The monoisotopic (exact) mass is 154 g/mol. The first-order valence-electron chi connectivity index (χ1n) is 3.00. The highest BCUT2D eigenvalue weighted by Gasteiger charge is 1.92. The maximum Gasteiger partial charge on any atom is 0.0642 e. The van der Waals surface area contributed by atoms with Gasteiger partial charge in [-0.05, 0) is 31.9 Å². The Balaban J connectivity index is 2.89. The van der Waals surface area contributed by atoms with E-state index in [4.69, 9.17) is 5.84 Å². The predicted molar refractivity (Wildman–Crippen MR) is 46.8 cm³/mol. The summed E-state index contributed by atoms with van der Waals surface area (Å²) >= 11 is 3.93. The highest BCUT2D eigenvalue weighted by atomic mass is 32.1. The highest BCUT2D eigenvalue weighted by molar-refractivity contribution is 7.81. The fourth-order valence-electron chi connectivity index (χ4n) is 0.697. The second kappa shape index (κ2) is 2.94. The van der Waals surface area contributed by atoms with Crippen molar-refractivity contribution in [3.63, 3.8) is 0 Å². The molecule has 0 atom stereocenters. The number of hydrazine groups is 1. The normalized spacial score (nSPS) is 9.50. The zero-order chi connectivity index (χ0) is 7.56. The lowest BCUT2D eigenvalue weighted by Gasteiger charge is -2.09. The average molecular weight is 154 g/mol. The Bertz CT molecular complexity index is 205. The number of hydrogen-bond donors (Lipinski definition) is 2. The second-order valence-electron chi connectivity index (χ2n) is 2.18. The molecule has 1 aromatic rings. The second-order valence-corrected chi connectivity index (χ2v) is 2.61. The molecule has 0 aliphatic rings. The van der Waals surface area contributed by atoms with Gasteiger partial charge in [0.1, 0.15) is 0 Å². The largest absolute Gasteiger partial charge is 0.256 e. The van der Waals surface area contributed by atoms with Crippen molar-refractivity contribution in [3.8, 4) is 0 Å². The zero-order valence-electron chi connectivity index (χ0n) is 5.78. The van der Waals surface area contributed by atoms with E-state index in [1.54, 1.807) is 0 Å². The fourth-order valence-corrected chi connectivity index (χ4v) is 0.831. The highest BCUT2D eigenvalue weighted by Crippen LogP contribution is 2.12. The number of thiol groups is 1. The van der Waals surface area contributed by atoms with Gasteiger partial charge in [-0.1, -0.05) is 17.7 Å². The molecule has 0 saturated carbocycles. The lowest BCUT2D eigenvalue weighted by atomic mass is 10.2. The fraction of sp³-hybridized carbons (Fsp3) is 0.143. The van der Waals surface area contributed by atoms with Crippen LogP contribution in [0.5, 0.6) is 0 Å². The summed E-state index contributed by atoms with van der Waals surface area (Å²) in [4.78, 5) is 0. The molecule has 0 radical (unpaired) electrons. The Kier molecular flexibility index (Phi) is 2.19. The third-order valence-electron chi connectivity index (χ3n) is 1.30. The summed E-state index contributed by atoms with van der Waals surface area (Å²) in [5, 5.41) is 0. The number of hydrogen-bond acceptors (Lipinski definition) is 3. The minimum absolute atomic E-state index is 0.897. The van der Waals surface area contributed by atoms with Crippen LogP contribution in [0, 0.1) is 6.92 Å². The van der Waals surface area contributed by atoms with Crippen molar-refractivity contribution in [1.82, 2.24) is 0 Å². The Morgan fingerprint density at radius 2 is 1.80 bits per heavy atom. The first-order chi connectivity index (χ1) is 4.70. The maximum absolute atomic E-state index is 5.36. The summed E-state index contributed by atoms with van der Waals surface area (Å²) in [5.74, 6) is 5.36. The van der Waals surface area contributed by atoms with Crippen molar-refractivity contribution < 1.29 is 0 Å². The van der Waals surface area contributed by atoms with Gasteiger partial charge in [0.25, 0.3) is 0 Å². The molecule has 10 heavy (non-hydrogen) atoms. The van der Waals surface area contributed by atoms with Crippen LogP contribution in [-0.4, -0.2) is 0 Å². The molecule has 0 aliphatic heterocycles. The topological polar surface area (TPSA) is 29.3 Å². The van der Waals surface area contributed by atoms with Gasteiger partial charge in [-0.25, -0.2) is 5.84 Å². The molecule has 0 aromatic heterocycles. The summed E-state index contributed by atoms with van der Waals surface area (Å²) in [7, 11) is 0. The quantitative estimate of drug-likeness (QED) is 0.365. The van der Waals surface area contributed by atoms with Gasteiger partial charge in [0.15, 0.2) is 0 Å². The van der Waals surface area contributed by atoms with E-state index >= 15 is 0 Å². The maximum atomic E-state index is 5.36. The van der Waals surface area contributed by atoms with E-state index in [-0.39, 0.29) is 0 Å². The van der Waals surface area contributed by atoms with Crippen molar-refractivity contribution in [2.45, 2.75) is 6.92 Å². The smallest absolute Gasteiger partial charge is 0.0642 e. The van der Waals surface area contributed by atoms with Crippen LogP contribution in [0.3, 0.4) is 0 Å². The van der Waals surface area contributed by atoms with Crippen molar-refractivity contribution in [2.75, 3.05) is 4.41 Å². The SMILES string of the molecule is Cc1ccc(N(N)S)cc1. The first-order valence-corrected chi connectivity index (χ1v) is 3.40. The van der Waals surface area contributed by atoms with E-state index in [1.807, 2.05) is 31.2 Å². The van der Waals surface area contributed by atoms with E-state index in [0.717, 1.165) is 5.69 Å². The van der Waals surface area contributed by atoms with Crippen molar-refractivity contribution in [1.29, 1.82) is 0 Å². The van der Waals surface area contributed by atoms with E-state index in [1.165, 1.54) is 9.98 Å². The minimum Gasteiger partial charge on any atom is -0.256 e. The zero-order valence-corrected chi connectivity index (χ0v) is 6.68. The van der Waals surface area contributed by atoms with E-state index in [0.29, 0.717) is 0 Å². The van der Waals surface area contributed by atoms with Crippen LogP contribution >= 0.6 is 12.8 Å². The number of rotatable bonds is 1. The summed E-state index contributed by atoms with van der Waals surface area (Å²) in [6, 6.07) is 7.82. The van der Waals surface area contributed by atoms with Crippen LogP contribution in [0.1, 0.15) is 5.56 Å². The molecule has 2 N–H and O–H groups in total. The number of benzene rings is 1. The van der Waals surface area contributed by atoms with Gasteiger partial charge in [-0.15, -0.1) is 0 Å². The van der Waals surface area contributed by atoms with Crippen molar-refractivity contribution >= 4 is 18.5 Å². The minimum atomic E-state index is 0.897. The van der Waals surface area contributed by atoms with Crippen LogP contribution in [0.4, 0.5) is 5.69 Å². The molecule has 0 fully saturated rings. The van der Waals surface area contributed by atoms with Crippen LogP contribution in [0.2, 0.25) is 0 Å². The molecule has 0 saturated heterocycles. The average Bonchev–Trinajstić information content (AvgIpc) is 1.88. The van der Waals surface area contributed by atoms with Gasteiger partial charge in [-0.3, -0.25) is 4.41 Å². The van der Waals surface area contributed by atoms with Gasteiger partial charge in [0.2, 0.25) is 0 Å². The van der Waals surface area contributed by atoms with Crippen molar-refractivity contribution in [3.05, 3.63) is 29.8 Å². The van der Waals surface area contributed by atoms with Crippen molar-refractivity contribution in [2.24, 2.45) is 5.84 Å². The van der Waals surface area contributed by atoms with E-state index in [9.17, 15) is 0 Å². The third kappa shape index (κ3) is 1.65. The first kappa shape index (κ1) is 7.44. The van der Waals surface area contributed by atoms with Crippen LogP contribution in [0.25, 0.3) is 0 Å². The number of anilines is 1. The van der Waals surface area contributed by atoms with E-state index < -0.39 is 0 Å². The summed E-state index contributed by atoms with van der Waals surface area (Å²) in [6.07, 6.45) is 0. The van der Waals surface area contributed by atoms with Crippen LogP contribution in [-0.2, 0) is 0 Å². The molecule has 2 nitrogen and oxygen atoms in total. The number of nitrogens with two attached hydrogens (primary N) is 1. The van der Waals surface area contributed by atoms with Crippen LogP contribution in [0.15, 0.2) is 24.3 Å². The van der Waals surface area contributed by atoms with E-state index in [2.05, 4.69) is 12.8 Å². The molecule has 1 aromatic carbocycles. The number of aryl methyl sites for hydroxylation is 1. The predicted octanol–water partition coefficient (Wildman–Crippen LogP) is 1.52. The van der Waals surface area contributed by atoms with Gasteiger partial charge < -0.3 is 0 Å². The Morgan fingerprint density at radius 1 is 1.30 bits per heavy atom. The molecule has 3 heteroatoms. The molecule has 0 amide bonds. The molecular weight excluding hydrogens is 144 g/mol. The van der Waals surface area contributed by atoms with Gasteiger partial charge in [-0.2, -0.15) is 0 Å². The van der Waals surface area contributed by atoms with Gasteiger partial charge >= 0.3 is 0 Å². The molecule has 0 spiro atoms. The van der Waals surface area contributed by atoms with Crippen LogP contribution < -0.4 is 10.3 Å². The Morgan fingerprint density at radius 3 is 2.20 bits per heavy atom. The molecule has 1 rings (SSSR count). The molecule has 0 bridgehead atoms. The standard InChI is InChI=1S/C7H10N2S/c1-6-2-4-7(5-3-6)9(8)10/h2-5,10H,8H2,1H3. The summed E-state index contributed by atoms with van der Waals surface area (Å²) in [6.45, 7) is 2.03. The lowest BCUT2D eigenvalue weighted by molar-refractivity contribution is 1.21. The summed E-state index contributed by atoms with van der Waals surface area (Å²) < 4.78 is 1.29. The third-order valence-corrected chi connectivity index (χ3v) is 1.53. The lowest BCUT2D eigenvalue weighted by Crippen LogP contribution is -2.18. The van der Waals surface area contributed by atoms with Gasteiger partial charge in [0.05, 0.1) is 5.69 Å². The Hall–Kier alpha value is -0.670. The molecule has 0 unspecified atom stereocenters. The molecular formula is C7H10N2S. The molecule has 54 valence electrons. The molecule has 0 heterocycles. The Labute approximate surface area is 66.2 Å². The summed E-state index contributed by atoms with van der Waals surface area (Å²) in [5.41, 5.74) is 2.12. The number of nitrogens with zero attached hydrogens (tertiary/aromatic N) is 1. The van der Waals surface area contributed by atoms with Gasteiger partial charge in [0, 0.05) is 0 Å².